The first-order valence-electron chi connectivity index (χ1n) is 6.92. The number of benzene rings is 1. The summed E-state index contributed by atoms with van der Waals surface area (Å²) in [6.07, 6.45) is 4.15. The second kappa shape index (κ2) is 4.85. The minimum Gasteiger partial charge on any atom is -0.483 e. The zero-order valence-electron chi connectivity index (χ0n) is 11.3. The van der Waals surface area contributed by atoms with Gasteiger partial charge in [-0.3, -0.25) is 4.79 Å². The molecule has 19 heavy (non-hydrogen) atoms. The van der Waals surface area contributed by atoms with Crippen LogP contribution in [-0.4, -0.2) is 30.5 Å². The minimum absolute atomic E-state index is 0.0578. The molecule has 1 aromatic carbocycles. The number of fused-ring (bicyclic) bond motifs is 1. The molecule has 0 heterocycles. The molecule has 0 spiro atoms. The van der Waals surface area contributed by atoms with E-state index in [4.69, 9.17) is 10.5 Å². The number of hydrogen-bond acceptors (Lipinski definition) is 3. The maximum absolute atomic E-state index is 11.9. The van der Waals surface area contributed by atoms with Crippen LogP contribution in [0.15, 0.2) is 18.2 Å². The molecule has 1 amide bonds. The molecule has 0 saturated heterocycles. The van der Waals surface area contributed by atoms with Crippen molar-refractivity contribution in [1.29, 1.82) is 0 Å². The summed E-state index contributed by atoms with van der Waals surface area (Å²) in [6.45, 7) is 0.124. The van der Waals surface area contributed by atoms with Crippen molar-refractivity contribution in [3.8, 4) is 5.75 Å². The van der Waals surface area contributed by atoms with Crippen LogP contribution in [0.4, 0.5) is 0 Å². The van der Waals surface area contributed by atoms with Crippen molar-refractivity contribution < 1.29 is 9.53 Å². The van der Waals surface area contributed by atoms with Gasteiger partial charge in [0.2, 0.25) is 0 Å². The third kappa shape index (κ3) is 2.45. The van der Waals surface area contributed by atoms with E-state index in [1.807, 2.05) is 19.2 Å². The molecular weight excluding hydrogens is 240 g/mol. The Morgan fingerprint density at radius 3 is 2.95 bits per heavy atom. The Bertz CT molecular complexity index is 497. The fourth-order valence-corrected chi connectivity index (χ4v) is 2.69. The van der Waals surface area contributed by atoms with E-state index in [9.17, 15) is 4.79 Å². The van der Waals surface area contributed by atoms with E-state index in [0.717, 1.165) is 31.4 Å². The lowest BCUT2D eigenvalue weighted by Gasteiger charge is -2.17. The van der Waals surface area contributed by atoms with E-state index >= 15 is 0 Å². The number of nitrogens with two attached hydrogens (primary N) is 1. The summed E-state index contributed by atoms with van der Waals surface area (Å²) in [5.41, 5.74) is 8.38. The third-order valence-electron chi connectivity index (χ3n) is 4.11. The summed E-state index contributed by atoms with van der Waals surface area (Å²) in [6, 6.07) is 6.49. The van der Waals surface area contributed by atoms with Gasteiger partial charge < -0.3 is 15.4 Å². The number of hydrogen-bond donors (Lipinski definition) is 1. The topological polar surface area (TPSA) is 55.6 Å². The van der Waals surface area contributed by atoms with Crippen LogP contribution in [-0.2, 0) is 11.2 Å². The lowest BCUT2D eigenvalue weighted by molar-refractivity contribution is -0.132. The highest BCUT2D eigenvalue weighted by molar-refractivity contribution is 5.78. The fourth-order valence-electron chi connectivity index (χ4n) is 2.69. The van der Waals surface area contributed by atoms with E-state index in [1.165, 1.54) is 11.1 Å². The number of nitrogens with zero attached hydrogens (tertiary/aromatic N) is 1. The van der Waals surface area contributed by atoms with Gasteiger partial charge in [-0.05, 0) is 42.9 Å². The SMILES string of the molecule is CN(C(=O)COc1cccc2c1CCC2N)C1CC1. The number of carbonyl (C=O) groups excluding carboxylic acids is 1. The Hall–Kier alpha value is -1.55. The average Bonchev–Trinajstić information content (AvgIpc) is 3.20. The molecule has 1 atom stereocenters. The Labute approximate surface area is 113 Å². The molecule has 3 rings (SSSR count). The van der Waals surface area contributed by atoms with Crippen molar-refractivity contribution in [2.24, 2.45) is 5.73 Å². The highest BCUT2D eigenvalue weighted by Crippen LogP contribution is 2.35. The smallest absolute Gasteiger partial charge is 0.260 e. The van der Waals surface area contributed by atoms with Crippen molar-refractivity contribution in [3.63, 3.8) is 0 Å². The Morgan fingerprint density at radius 2 is 2.21 bits per heavy atom. The summed E-state index contributed by atoms with van der Waals surface area (Å²) in [4.78, 5) is 13.7. The van der Waals surface area contributed by atoms with E-state index in [-0.39, 0.29) is 18.6 Å². The highest BCUT2D eigenvalue weighted by Gasteiger charge is 2.30. The number of ether oxygens (including phenoxy) is 1. The summed E-state index contributed by atoms with van der Waals surface area (Å²) in [5, 5.41) is 0. The monoisotopic (exact) mass is 260 g/mol. The van der Waals surface area contributed by atoms with Crippen LogP contribution in [0.2, 0.25) is 0 Å². The van der Waals surface area contributed by atoms with Crippen molar-refractivity contribution in [2.45, 2.75) is 37.8 Å². The van der Waals surface area contributed by atoms with Crippen LogP contribution in [0.1, 0.15) is 36.4 Å². The van der Waals surface area contributed by atoms with Gasteiger partial charge in [0.25, 0.3) is 5.91 Å². The first-order chi connectivity index (χ1) is 9.16. The number of likely N-dealkylation sites (N-methyl/N-ethyl adjacent to an activating group) is 1. The molecule has 102 valence electrons. The molecular formula is C15H20N2O2. The minimum atomic E-state index is 0.0578. The highest BCUT2D eigenvalue weighted by atomic mass is 16.5. The summed E-state index contributed by atoms with van der Waals surface area (Å²) in [5.74, 6) is 0.880. The Morgan fingerprint density at radius 1 is 1.42 bits per heavy atom. The molecule has 2 aliphatic carbocycles. The van der Waals surface area contributed by atoms with Crippen LogP contribution in [0.5, 0.6) is 5.75 Å². The Balaban J connectivity index is 1.66. The van der Waals surface area contributed by atoms with E-state index in [2.05, 4.69) is 6.07 Å². The van der Waals surface area contributed by atoms with Gasteiger partial charge in [0.1, 0.15) is 5.75 Å². The van der Waals surface area contributed by atoms with Crippen molar-refractivity contribution in [2.75, 3.05) is 13.7 Å². The lowest BCUT2D eigenvalue weighted by atomic mass is 10.1. The molecule has 1 saturated carbocycles. The standard InChI is InChI=1S/C15H20N2O2/c1-17(10-5-6-10)15(18)9-19-14-4-2-3-11-12(14)7-8-13(11)16/h2-4,10,13H,5-9,16H2,1H3. The molecule has 1 unspecified atom stereocenters. The van der Waals surface area contributed by atoms with Gasteiger partial charge in [-0.25, -0.2) is 0 Å². The predicted molar refractivity (Wildman–Crippen MR) is 73.0 cm³/mol. The van der Waals surface area contributed by atoms with Gasteiger partial charge in [0.05, 0.1) is 0 Å². The van der Waals surface area contributed by atoms with Gasteiger partial charge in [0, 0.05) is 19.1 Å². The normalized spacial score (nSPS) is 21.1. The van der Waals surface area contributed by atoms with Gasteiger partial charge in [-0.15, -0.1) is 0 Å². The molecule has 1 aromatic rings. The lowest BCUT2D eigenvalue weighted by Crippen LogP contribution is -2.33. The van der Waals surface area contributed by atoms with Gasteiger partial charge in [-0.1, -0.05) is 12.1 Å². The third-order valence-corrected chi connectivity index (χ3v) is 4.11. The molecule has 2 N–H and O–H groups in total. The summed E-state index contributed by atoms with van der Waals surface area (Å²) >= 11 is 0. The first kappa shape index (κ1) is 12.5. The number of amides is 1. The molecule has 0 aliphatic heterocycles. The van der Waals surface area contributed by atoms with Gasteiger partial charge in [-0.2, -0.15) is 0 Å². The maximum Gasteiger partial charge on any atom is 0.260 e. The van der Waals surface area contributed by atoms with E-state index in [0.29, 0.717) is 6.04 Å². The second-order valence-corrected chi connectivity index (χ2v) is 5.49. The van der Waals surface area contributed by atoms with Crippen LogP contribution >= 0.6 is 0 Å². The van der Waals surface area contributed by atoms with Crippen LogP contribution in [0.3, 0.4) is 0 Å². The van der Waals surface area contributed by atoms with Crippen LogP contribution in [0.25, 0.3) is 0 Å². The largest absolute Gasteiger partial charge is 0.483 e. The first-order valence-corrected chi connectivity index (χ1v) is 6.92. The van der Waals surface area contributed by atoms with Crippen molar-refractivity contribution >= 4 is 5.91 Å². The van der Waals surface area contributed by atoms with E-state index < -0.39 is 0 Å². The molecule has 2 aliphatic rings. The summed E-state index contributed by atoms with van der Waals surface area (Å²) < 4.78 is 5.71. The molecule has 1 fully saturated rings. The molecule has 0 bridgehead atoms. The van der Waals surface area contributed by atoms with Crippen LogP contribution in [0, 0.1) is 0 Å². The molecule has 4 nitrogen and oxygen atoms in total. The summed E-state index contributed by atoms with van der Waals surface area (Å²) in [7, 11) is 1.86. The molecule has 0 radical (unpaired) electrons. The number of carbonyl (C=O) groups is 1. The van der Waals surface area contributed by atoms with E-state index in [1.54, 1.807) is 4.90 Å². The van der Waals surface area contributed by atoms with Crippen LogP contribution < -0.4 is 10.5 Å². The molecule has 0 aromatic heterocycles. The molecule has 4 heteroatoms. The predicted octanol–water partition coefficient (Wildman–Crippen LogP) is 1.63. The average molecular weight is 260 g/mol. The zero-order chi connectivity index (χ0) is 13.4. The van der Waals surface area contributed by atoms with Gasteiger partial charge >= 0.3 is 0 Å². The zero-order valence-corrected chi connectivity index (χ0v) is 11.3. The fraction of sp³-hybridized carbons (Fsp3) is 0.533. The number of rotatable bonds is 4. The Kier molecular flexibility index (Phi) is 3.19. The van der Waals surface area contributed by atoms with Crippen molar-refractivity contribution in [3.05, 3.63) is 29.3 Å². The van der Waals surface area contributed by atoms with Gasteiger partial charge in [0.15, 0.2) is 6.61 Å². The van der Waals surface area contributed by atoms with Crippen molar-refractivity contribution in [1.82, 2.24) is 4.90 Å². The second-order valence-electron chi connectivity index (χ2n) is 5.49. The maximum atomic E-state index is 11.9. The quantitative estimate of drug-likeness (QED) is 0.895.